The van der Waals surface area contributed by atoms with Gasteiger partial charge in [-0.3, -0.25) is 10.4 Å². The maximum absolute atomic E-state index is 4.65. The zero-order valence-corrected chi connectivity index (χ0v) is 14.9. The summed E-state index contributed by atoms with van der Waals surface area (Å²) >= 11 is 0. The van der Waals surface area contributed by atoms with Crippen molar-refractivity contribution in [1.82, 2.24) is 15.4 Å². The van der Waals surface area contributed by atoms with Gasteiger partial charge in [0.05, 0.1) is 11.9 Å². The molecule has 0 radical (unpaired) electrons. The van der Waals surface area contributed by atoms with Gasteiger partial charge in [0.25, 0.3) is 0 Å². The van der Waals surface area contributed by atoms with Crippen molar-refractivity contribution in [2.75, 3.05) is 0 Å². The van der Waals surface area contributed by atoms with Crippen LogP contribution in [-0.4, -0.2) is 22.0 Å². The van der Waals surface area contributed by atoms with E-state index < -0.39 is 0 Å². The number of aliphatic imine (C=N–C) groups is 1. The number of amidine groups is 1. The van der Waals surface area contributed by atoms with E-state index in [0.717, 1.165) is 33.5 Å². The average Bonchev–Trinajstić information content (AvgIpc) is 3.04. The van der Waals surface area contributed by atoms with Gasteiger partial charge >= 0.3 is 0 Å². The number of rotatable bonds is 4. The van der Waals surface area contributed by atoms with Crippen molar-refractivity contribution >= 4 is 28.6 Å². The van der Waals surface area contributed by atoms with E-state index in [1.54, 1.807) is 6.20 Å². The van der Waals surface area contributed by atoms with E-state index >= 15 is 0 Å². The Morgan fingerprint density at radius 3 is 2.56 bits per heavy atom. The molecule has 0 saturated carbocycles. The van der Waals surface area contributed by atoms with E-state index in [-0.39, 0.29) is 0 Å². The van der Waals surface area contributed by atoms with E-state index in [2.05, 4.69) is 37.6 Å². The molecule has 2 heterocycles. The summed E-state index contributed by atoms with van der Waals surface area (Å²) in [5, 5.41) is 5.57. The summed E-state index contributed by atoms with van der Waals surface area (Å²) in [5.41, 5.74) is 7.85. The highest BCUT2D eigenvalue weighted by molar-refractivity contribution is 6.02. The number of hydrazone groups is 1. The number of aromatic nitrogens is 2. The summed E-state index contributed by atoms with van der Waals surface area (Å²) in [7, 11) is 0. The first kappa shape index (κ1) is 16.7. The van der Waals surface area contributed by atoms with Crippen LogP contribution in [0.2, 0.25) is 0 Å². The summed E-state index contributed by atoms with van der Waals surface area (Å²) in [6.07, 6.45) is 3.56. The van der Waals surface area contributed by atoms with Gasteiger partial charge in [-0.1, -0.05) is 42.5 Å². The van der Waals surface area contributed by atoms with E-state index in [0.29, 0.717) is 5.84 Å². The van der Waals surface area contributed by atoms with Crippen molar-refractivity contribution in [1.29, 1.82) is 0 Å². The Morgan fingerprint density at radius 2 is 1.74 bits per heavy atom. The van der Waals surface area contributed by atoms with Crippen LogP contribution in [0.25, 0.3) is 10.9 Å². The first-order valence-corrected chi connectivity index (χ1v) is 8.73. The summed E-state index contributed by atoms with van der Waals surface area (Å²) in [4.78, 5) is 12.4. The smallest absolute Gasteiger partial charge is 0.172 e. The first-order chi connectivity index (χ1) is 13.3. The molecule has 2 N–H and O–H groups in total. The summed E-state index contributed by atoms with van der Waals surface area (Å²) in [5.74, 6) is 0.593. The molecule has 0 bridgehead atoms. The van der Waals surface area contributed by atoms with Gasteiger partial charge < -0.3 is 4.98 Å². The third kappa shape index (κ3) is 3.77. The second-order valence-electron chi connectivity index (χ2n) is 6.09. The second kappa shape index (κ2) is 7.66. The number of aromatic amines is 1. The molecule has 132 valence electrons. The molecule has 5 heteroatoms. The summed E-state index contributed by atoms with van der Waals surface area (Å²) < 4.78 is 0. The summed E-state index contributed by atoms with van der Waals surface area (Å²) in [6, 6.07) is 23.6. The minimum atomic E-state index is 0.593. The van der Waals surface area contributed by atoms with Gasteiger partial charge in [0, 0.05) is 28.4 Å². The minimum Gasteiger partial charge on any atom is -0.358 e. The Labute approximate surface area is 157 Å². The topological polar surface area (TPSA) is 65.4 Å². The molecule has 0 unspecified atom stereocenters. The monoisotopic (exact) mass is 353 g/mol. The highest BCUT2D eigenvalue weighted by Crippen LogP contribution is 2.20. The fourth-order valence-electron chi connectivity index (χ4n) is 2.90. The molecule has 0 aliphatic heterocycles. The molecule has 0 aliphatic carbocycles. The average molecular weight is 353 g/mol. The number of hydrogen-bond acceptors (Lipinski definition) is 3. The third-order valence-corrected chi connectivity index (χ3v) is 4.21. The maximum Gasteiger partial charge on any atom is 0.172 e. The van der Waals surface area contributed by atoms with E-state index in [9.17, 15) is 0 Å². The number of H-pyrrole nitrogens is 1. The molecule has 0 amide bonds. The number of pyridine rings is 1. The Morgan fingerprint density at radius 1 is 0.963 bits per heavy atom. The highest BCUT2D eigenvalue weighted by atomic mass is 15.3. The lowest BCUT2D eigenvalue weighted by molar-refractivity contribution is 1.02. The quantitative estimate of drug-likeness (QED) is 0.320. The lowest BCUT2D eigenvalue weighted by atomic mass is 10.1. The van der Waals surface area contributed by atoms with Gasteiger partial charge in [-0.2, -0.15) is 5.10 Å². The fourth-order valence-corrected chi connectivity index (χ4v) is 2.90. The number of nitrogens with one attached hydrogen (secondary N) is 2. The molecule has 2 aromatic heterocycles. The van der Waals surface area contributed by atoms with Gasteiger partial charge in [0.2, 0.25) is 0 Å². The molecule has 4 rings (SSSR count). The SMILES string of the molecule is Cc1[nH]c2ccccc2c1/C=N/NC(=Nc1ccccc1)c1ccccn1. The Bertz CT molecular complexity index is 1100. The minimum absolute atomic E-state index is 0.593. The Hall–Kier alpha value is -3.73. The fraction of sp³-hybridized carbons (Fsp3) is 0.0455. The molecular weight excluding hydrogens is 334 g/mol. The van der Waals surface area contributed by atoms with Gasteiger partial charge in [-0.15, -0.1) is 0 Å². The number of benzene rings is 2. The second-order valence-corrected chi connectivity index (χ2v) is 6.09. The van der Waals surface area contributed by atoms with Crippen LogP contribution in [0.4, 0.5) is 5.69 Å². The molecule has 5 nitrogen and oxygen atoms in total. The van der Waals surface area contributed by atoms with Crippen molar-refractivity contribution < 1.29 is 0 Å². The van der Waals surface area contributed by atoms with Gasteiger partial charge in [-0.25, -0.2) is 4.99 Å². The molecule has 0 saturated heterocycles. The van der Waals surface area contributed by atoms with Crippen LogP contribution >= 0.6 is 0 Å². The van der Waals surface area contributed by atoms with Gasteiger partial charge in [0.1, 0.15) is 5.69 Å². The van der Waals surface area contributed by atoms with Crippen molar-refractivity contribution in [2.24, 2.45) is 10.1 Å². The molecule has 0 atom stereocenters. The number of nitrogens with zero attached hydrogens (tertiary/aromatic N) is 3. The highest BCUT2D eigenvalue weighted by Gasteiger charge is 2.07. The number of para-hydroxylation sites is 2. The van der Waals surface area contributed by atoms with Crippen LogP contribution < -0.4 is 5.43 Å². The molecule has 4 aromatic rings. The largest absolute Gasteiger partial charge is 0.358 e. The van der Waals surface area contributed by atoms with E-state index in [4.69, 9.17) is 0 Å². The number of fused-ring (bicyclic) bond motifs is 1. The van der Waals surface area contributed by atoms with Crippen LogP contribution in [0.5, 0.6) is 0 Å². The van der Waals surface area contributed by atoms with Crippen molar-refractivity contribution in [3.8, 4) is 0 Å². The summed E-state index contributed by atoms with van der Waals surface area (Å²) in [6.45, 7) is 2.04. The predicted molar refractivity (Wildman–Crippen MR) is 111 cm³/mol. The lowest BCUT2D eigenvalue weighted by Crippen LogP contribution is -2.20. The molecule has 2 aromatic carbocycles. The maximum atomic E-state index is 4.65. The zero-order chi connectivity index (χ0) is 18.5. The van der Waals surface area contributed by atoms with E-state index in [1.165, 1.54) is 0 Å². The number of hydrogen-bond donors (Lipinski definition) is 2. The van der Waals surface area contributed by atoms with Crippen molar-refractivity contribution in [2.45, 2.75) is 6.92 Å². The molecule has 0 spiro atoms. The standard InChI is InChI=1S/C22H19N5/c1-16-19(18-11-5-6-12-20(18)25-16)15-24-27-22(21-13-7-8-14-23-21)26-17-9-3-2-4-10-17/h2-15,25H,1H3,(H,26,27)/b24-15+. The zero-order valence-electron chi connectivity index (χ0n) is 14.9. The molecule has 0 aliphatic rings. The number of aryl methyl sites for hydroxylation is 1. The van der Waals surface area contributed by atoms with Gasteiger partial charge in [-0.05, 0) is 37.3 Å². The lowest BCUT2D eigenvalue weighted by Gasteiger charge is -2.05. The van der Waals surface area contributed by atoms with Crippen molar-refractivity contribution in [3.63, 3.8) is 0 Å². The third-order valence-electron chi connectivity index (χ3n) is 4.21. The van der Waals surface area contributed by atoms with Gasteiger partial charge in [0.15, 0.2) is 5.84 Å². The van der Waals surface area contributed by atoms with Crippen LogP contribution in [0.3, 0.4) is 0 Å². The first-order valence-electron chi connectivity index (χ1n) is 8.73. The molecular formula is C22H19N5. The van der Waals surface area contributed by atoms with Crippen LogP contribution in [0, 0.1) is 6.92 Å². The van der Waals surface area contributed by atoms with Crippen LogP contribution in [0.15, 0.2) is 89.1 Å². The Balaban J connectivity index is 1.65. The van der Waals surface area contributed by atoms with Crippen molar-refractivity contribution in [3.05, 3.63) is 95.9 Å². The molecule has 27 heavy (non-hydrogen) atoms. The Kier molecular flexibility index (Phi) is 4.74. The molecule has 0 fully saturated rings. The normalized spacial score (nSPS) is 12.0. The van der Waals surface area contributed by atoms with E-state index in [1.807, 2.05) is 73.8 Å². The van der Waals surface area contributed by atoms with Crippen LogP contribution in [0.1, 0.15) is 17.0 Å². The predicted octanol–water partition coefficient (Wildman–Crippen LogP) is 4.57. The van der Waals surface area contributed by atoms with Crippen LogP contribution in [-0.2, 0) is 0 Å².